The first-order valence-corrected chi connectivity index (χ1v) is 5.00. The molecule has 4 rings (SSSR count). The number of hydrogen-bond acceptors (Lipinski definition) is 1. The number of hydrogen-bond donors (Lipinski definition) is 1. The molecule has 0 amide bonds. The van der Waals surface area contributed by atoms with Crippen LogP contribution in [0.2, 0.25) is 0 Å². The molecule has 0 fully saturated rings. The second-order valence-corrected chi connectivity index (χ2v) is 3.86. The summed E-state index contributed by atoms with van der Waals surface area (Å²) in [5, 5.41) is 5.09. The summed E-state index contributed by atoms with van der Waals surface area (Å²) in [4.78, 5) is 7.64. The highest BCUT2D eigenvalue weighted by Gasteiger charge is 2.09. The van der Waals surface area contributed by atoms with Crippen LogP contribution in [0.3, 0.4) is 0 Å². The van der Waals surface area contributed by atoms with Crippen molar-refractivity contribution in [1.29, 1.82) is 0 Å². The van der Waals surface area contributed by atoms with E-state index in [4.69, 9.17) is 0 Å². The lowest BCUT2D eigenvalue weighted by Crippen LogP contribution is -1.99. The van der Waals surface area contributed by atoms with Crippen molar-refractivity contribution in [2.75, 3.05) is 0 Å². The molecule has 70 valence electrons. The van der Waals surface area contributed by atoms with Crippen LogP contribution < -0.4 is 5.22 Å². The van der Waals surface area contributed by atoms with E-state index in [-0.39, 0.29) is 0 Å². The van der Waals surface area contributed by atoms with Crippen LogP contribution in [0.25, 0.3) is 27.8 Å². The third kappa shape index (κ3) is 0.773. The van der Waals surface area contributed by atoms with Crippen molar-refractivity contribution in [2.45, 2.75) is 0 Å². The molecule has 2 heteroatoms. The third-order valence-electron chi connectivity index (χ3n) is 3.05. The van der Waals surface area contributed by atoms with Gasteiger partial charge in [-0.2, -0.15) is 0 Å². The fraction of sp³-hybridized carbons (Fsp3) is 0. The molecule has 0 aliphatic carbocycles. The summed E-state index contributed by atoms with van der Waals surface area (Å²) in [6.07, 6.45) is 6.00. The van der Waals surface area contributed by atoms with Gasteiger partial charge in [0.25, 0.3) is 0 Å². The molecule has 0 bridgehead atoms. The van der Waals surface area contributed by atoms with E-state index in [0.29, 0.717) is 0 Å². The molecule has 0 spiro atoms. The van der Waals surface area contributed by atoms with Gasteiger partial charge >= 0.3 is 0 Å². The molecule has 1 N–H and O–H groups in total. The van der Waals surface area contributed by atoms with Crippen molar-refractivity contribution in [3.63, 3.8) is 0 Å². The molecule has 0 unspecified atom stereocenters. The Bertz CT molecular complexity index is 763. The molecular weight excluding hydrogens is 184 g/mol. The summed E-state index contributed by atoms with van der Waals surface area (Å²) < 4.78 is 0. The van der Waals surface area contributed by atoms with Gasteiger partial charge in [-0.15, -0.1) is 0 Å². The molecule has 1 aliphatic heterocycles. The largest absolute Gasteiger partial charge is 0.361 e. The first-order valence-electron chi connectivity index (χ1n) is 5.00. The molecule has 3 aromatic rings. The normalized spacial score (nSPS) is 13.6. The van der Waals surface area contributed by atoms with Crippen molar-refractivity contribution >= 4 is 39.7 Å². The maximum Gasteiger partial charge on any atom is 0.0715 e. The number of aliphatic imine (C=N–C) groups is 1. The lowest BCUT2D eigenvalue weighted by Gasteiger charge is -2.00. The van der Waals surface area contributed by atoms with E-state index >= 15 is 0 Å². The lowest BCUT2D eigenvalue weighted by molar-refractivity contribution is 1.49. The molecule has 2 aromatic carbocycles. The number of benzene rings is 2. The van der Waals surface area contributed by atoms with E-state index in [0.717, 1.165) is 5.69 Å². The van der Waals surface area contributed by atoms with Gasteiger partial charge in [-0.05, 0) is 23.6 Å². The van der Waals surface area contributed by atoms with E-state index in [2.05, 4.69) is 40.3 Å². The minimum absolute atomic E-state index is 1.08. The van der Waals surface area contributed by atoms with Gasteiger partial charge in [-0.1, -0.05) is 12.1 Å². The van der Waals surface area contributed by atoms with Crippen LogP contribution in [0.5, 0.6) is 0 Å². The van der Waals surface area contributed by atoms with E-state index < -0.39 is 0 Å². The van der Waals surface area contributed by atoms with Gasteiger partial charge in [0.2, 0.25) is 0 Å². The van der Waals surface area contributed by atoms with Crippen LogP contribution in [-0.2, 0) is 0 Å². The SMILES string of the molecule is C1=Nc2cc3c[nH]c4cccc(c2=C1)c34. The van der Waals surface area contributed by atoms with Crippen LogP contribution in [0.4, 0.5) is 5.69 Å². The van der Waals surface area contributed by atoms with Crippen molar-refractivity contribution in [3.8, 4) is 0 Å². The van der Waals surface area contributed by atoms with Gasteiger partial charge in [0.15, 0.2) is 0 Å². The molecule has 2 heterocycles. The summed E-state index contributed by atoms with van der Waals surface area (Å²) in [6.45, 7) is 0. The summed E-state index contributed by atoms with van der Waals surface area (Å²) in [5.74, 6) is 0. The van der Waals surface area contributed by atoms with Crippen molar-refractivity contribution in [1.82, 2.24) is 4.98 Å². The molecular formula is C13H8N2. The van der Waals surface area contributed by atoms with Gasteiger partial charge in [0.1, 0.15) is 0 Å². The number of aromatic nitrogens is 1. The van der Waals surface area contributed by atoms with Crippen LogP contribution in [0.1, 0.15) is 0 Å². The molecule has 0 radical (unpaired) electrons. The van der Waals surface area contributed by atoms with Gasteiger partial charge in [0.05, 0.1) is 5.69 Å². The molecule has 0 atom stereocenters. The summed E-state index contributed by atoms with van der Waals surface area (Å²) in [5.41, 5.74) is 2.28. The molecule has 15 heavy (non-hydrogen) atoms. The van der Waals surface area contributed by atoms with Crippen LogP contribution in [-0.4, -0.2) is 11.2 Å². The highest BCUT2D eigenvalue weighted by atomic mass is 14.7. The zero-order chi connectivity index (χ0) is 9.83. The molecule has 2 nitrogen and oxygen atoms in total. The molecule has 1 aromatic heterocycles. The van der Waals surface area contributed by atoms with E-state index in [1.165, 1.54) is 26.9 Å². The number of nitrogens with zero attached hydrogens (tertiary/aromatic N) is 1. The van der Waals surface area contributed by atoms with Crippen LogP contribution in [0, 0.1) is 0 Å². The third-order valence-corrected chi connectivity index (χ3v) is 3.05. The fourth-order valence-corrected chi connectivity index (χ4v) is 2.39. The van der Waals surface area contributed by atoms with Crippen molar-refractivity contribution in [2.24, 2.45) is 4.99 Å². The maximum absolute atomic E-state index is 4.35. The number of fused-ring (bicyclic) bond motifs is 2. The maximum atomic E-state index is 4.35. The monoisotopic (exact) mass is 192 g/mol. The minimum atomic E-state index is 1.08. The first kappa shape index (κ1) is 7.23. The average molecular weight is 192 g/mol. The zero-order valence-electron chi connectivity index (χ0n) is 7.99. The van der Waals surface area contributed by atoms with Gasteiger partial charge in [-0.3, -0.25) is 4.99 Å². The Morgan fingerprint density at radius 2 is 2.20 bits per heavy atom. The average Bonchev–Trinajstić information content (AvgIpc) is 2.87. The fourth-order valence-electron chi connectivity index (χ4n) is 2.39. The van der Waals surface area contributed by atoms with Gasteiger partial charge in [-0.25, -0.2) is 0 Å². The summed E-state index contributed by atoms with van der Waals surface area (Å²) in [6, 6.07) is 8.49. The van der Waals surface area contributed by atoms with Crippen LogP contribution in [0.15, 0.2) is 35.5 Å². The van der Waals surface area contributed by atoms with Gasteiger partial charge < -0.3 is 4.98 Å². The highest BCUT2D eigenvalue weighted by molar-refractivity contribution is 6.14. The number of aromatic amines is 1. The van der Waals surface area contributed by atoms with Crippen molar-refractivity contribution < 1.29 is 0 Å². The Labute approximate surface area is 85.9 Å². The number of H-pyrrole nitrogens is 1. The molecule has 0 saturated heterocycles. The minimum Gasteiger partial charge on any atom is -0.361 e. The Morgan fingerprint density at radius 1 is 1.20 bits per heavy atom. The molecule has 0 saturated carbocycles. The second-order valence-electron chi connectivity index (χ2n) is 3.86. The van der Waals surface area contributed by atoms with Gasteiger partial charge in [0, 0.05) is 33.9 Å². The predicted octanol–water partition coefficient (Wildman–Crippen LogP) is 2.54. The highest BCUT2D eigenvalue weighted by Crippen LogP contribution is 2.27. The van der Waals surface area contributed by atoms with Crippen molar-refractivity contribution in [3.05, 3.63) is 35.7 Å². The second kappa shape index (κ2) is 2.28. The Balaban J connectivity index is 2.46. The number of nitrogens with one attached hydrogen (secondary N) is 1. The number of rotatable bonds is 0. The predicted molar refractivity (Wildman–Crippen MR) is 63.6 cm³/mol. The van der Waals surface area contributed by atoms with E-state index in [9.17, 15) is 0 Å². The van der Waals surface area contributed by atoms with Crippen LogP contribution >= 0.6 is 0 Å². The quantitative estimate of drug-likeness (QED) is 0.567. The summed E-state index contributed by atoms with van der Waals surface area (Å²) in [7, 11) is 0. The lowest BCUT2D eigenvalue weighted by atomic mass is 10.0. The Kier molecular flexibility index (Phi) is 1.10. The van der Waals surface area contributed by atoms with E-state index in [1.54, 1.807) is 0 Å². The Hall–Kier alpha value is -2.09. The molecule has 1 aliphatic rings. The smallest absolute Gasteiger partial charge is 0.0715 e. The summed E-state index contributed by atoms with van der Waals surface area (Å²) >= 11 is 0. The van der Waals surface area contributed by atoms with E-state index in [1.807, 2.05) is 12.4 Å². The standard InChI is InChI=1S/C13H8N2/c1-2-10-9-4-5-14-12(9)6-8-7-15-11(3-1)13(8)10/h1-7,15H. The topological polar surface area (TPSA) is 28.1 Å². The Morgan fingerprint density at radius 3 is 3.20 bits per heavy atom. The first-order chi connectivity index (χ1) is 7.43. The zero-order valence-corrected chi connectivity index (χ0v) is 7.99.